The maximum absolute atomic E-state index is 14.4. The van der Waals surface area contributed by atoms with E-state index in [2.05, 4.69) is 36.0 Å². The number of carbonyl (C=O) groups is 4. The van der Waals surface area contributed by atoms with Crippen LogP contribution in [-0.2, 0) is 28.7 Å². The Morgan fingerprint density at radius 3 is 2.55 bits per heavy atom. The van der Waals surface area contributed by atoms with Gasteiger partial charge in [-0.3, -0.25) is 19.2 Å². The SMILES string of the molecule is C=CCCC(=O)N(C)[C@@H](C)[C@@H](OC(=O)[C@H]1[C@@H]2O[C@@]3(CC2Br)[C@@H]1C(=O)N(CCCO)[C@@H]3C(=O)N(CC=C)CCCCC)c1ccccc1. The minimum Gasteiger partial charge on any atom is -0.455 e. The number of esters is 1. The monoisotopic (exact) mass is 715 g/mol. The van der Waals surface area contributed by atoms with Gasteiger partial charge in [0.1, 0.15) is 17.7 Å². The number of fused-ring (bicyclic) bond motifs is 1. The Morgan fingerprint density at radius 2 is 1.91 bits per heavy atom. The zero-order valence-electron chi connectivity index (χ0n) is 27.9. The molecule has 47 heavy (non-hydrogen) atoms. The number of allylic oxidation sites excluding steroid dienone is 1. The molecule has 3 aliphatic rings. The quantitative estimate of drug-likeness (QED) is 0.104. The number of unbranched alkanes of at least 4 members (excludes halogenated alkanes) is 2. The van der Waals surface area contributed by atoms with E-state index in [0.29, 0.717) is 31.5 Å². The largest absolute Gasteiger partial charge is 0.455 e. The van der Waals surface area contributed by atoms with Crippen molar-refractivity contribution in [2.24, 2.45) is 11.8 Å². The van der Waals surface area contributed by atoms with Crippen LogP contribution in [0.15, 0.2) is 55.6 Å². The molecule has 1 aromatic carbocycles. The van der Waals surface area contributed by atoms with E-state index in [-0.39, 0.29) is 48.5 Å². The summed E-state index contributed by atoms with van der Waals surface area (Å²) in [5.41, 5.74) is -0.518. The summed E-state index contributed by atoms with van der Waals surface area (Å²) in [4.78, 5) is 60.6. The lowest BCUT2D eigenvalue weighted by atomic mass is 9.70. The fourth-order valence-corrected chi connectivity index (χ4v) is 8.40. The summed E-state index contributed by atoms with van der Waals surface area (Å²) >= 11 is 3.73. The van der Waals surface area contributed by atoms with E-state index in [4.69, 9.17) is 9.47 Å². The van der Waals surface area contributed by atoms with Crippen LogP contribution in [0.1, 0.15) is 70.5 Å². The summed E-state index contributed by atoms with van der Waals surface area (Å²) in [7, 11) is 1.69. The first-order chi connectivity index (χ1) is 22.6. The van der Waals surface area contributed by atoms with Crippen LogP contribution in [0.2, 0.25) is 0 Å². The first-order valence-electron chi connectivity index (χ1n) is 16.8. The normalized spacial score (nSPS) is 27.2. The van der Waals surface area contributed by atoms with Gasteiger partial charge in [-0.25, -0.2) is 0 Å². The van der Waals surface area contributed by atoms with E-state index in [1.807, 2.05) is 37.3 Å². The van der Waals surface area contributed by atoms with Crippen molar-refractivity contribution in [2.45, 2.75) is 93.5 Å². The van der Waals surface area contributed by atoms with Gasteiger partial charge in [0.25, 0.3) is 0 Å². The van der Waals surface area contributed by atoms with Crippen LogP contribution >= 0.6 is 15.9 Å². The van der Waals surface area contributed by atoms with E-state index < -0.39 is 47.7 Å². The summed E-state index contributed by atoms with van der Waals surface area (Å²) in [5, 5.41) is 9.69. The molecule has 3 amide bonds. The number of rotatable bonds is 18. The molecular weight excluding hydrogens is 666 g/mol. The maximum Gasteiger partial charge on any atom is 0.313 e. The van der Waals surface area contributed by atoms with Crippen molar-refractivity contribution in [1.82, 2.24) is 14.7 Å². The fourth-order valence-electron chi connectivity index (χ4n) is 7.46. The summed E-state index contributed by atoms with van der Waals surface area (Å²) in [5.74, 6) is -3.18. The van der Waals surface area contributed by atoms with Gasteiger partial charge in [-0.05, 0) is 38.2 Å². The number of alkyl halides is 1. The van der Waals surface area contributed by atoms with Crippen LogP contribution in [0.25, 0.3) is 0 Å². The van der Waals surface area contributed by atoms with Crippen molar-refractivity contribution in [2.75, 3.05) is 33.3 Å². The predicted molar refractivity (Wildman–Crippen MR) is 182 cm³/mol. The standard InChI is InChI=1S/C36H50BrN3O7/c1-6-9-14-20-39(19-8-3)34(44)32-36-23-26(37)31(47-36)28(29(36)33(43)40(32)21-15-22-41)35(45)46-30(25-16-12-11-13-17-25)24(4)38(5)27(42)18-10-7-2/h7-8,11-13,16-17,24,26,28-32,41H,2-3,6,9-10,14-15,18-23H2,1,4-5H3/t24-,26?,28+,29-,30+,31+,32+,36-/m0/s1. The zero-order chi connectivity index (χ0) is 34.3. The van der Waals surface area contributed by atoms with E-state index in [1.54, 1.807) is 29.0 Å². The number of ether oxygens (including phenoxy) is 2. The molecule has 3 fully saturated rings. The lowest BCUT2D eigenvalue weighted by Crippen LogP contribution is -2.57. The van der Waals surface area contributed by atoms with Crippen LogP contribution in [-0.4, -0.2) is 105 Å². The highest BCUT2D eigenvalue weighted by atomic mass is 79.9. The van der Waals surface area contributed by atoms with Gasteiger partial charge in [0.15, 0.2) is 0 Å². The molecule has 4 rings (SSSR count). The lowest BCUT2D eigenvalue weighted by Gasteiger charge is -2.37. The number of aliphatic hydroxyl groups is 1. The second-order valence-corrected chi connectivity index (χ2v) is 14.1. The third-order valence-corrected chi connectivity index (χ3v) is 10.8. The van der Waals surface area contributed by atoms with Gasteiger partial charge in [-0.2, -0.15) is 0 Å². The molecule has 10 nitrogen and oxygen atoms in total. The third kappa shape index (κ3) is 7.37. The Bertz CT molecular complexity index is 1290. The van der Waals surface area contributed by atoms with E-state index in [9.17, 15) is 24.3 Å². The molecule has 1 unspecified atom stereocenters. The molecule has 1 N–H and O–H groups in total. The smallest absolute Gasteiger partial charge is 0.313 e. The van der Waals surface area contributed by atoms with E-state index in [0.717, 1.165) is 19.3 Å². The van der Waals surface area contributed by atoms with Crippen LogP contribution in [0.4, 0.5) is 0 Å². The minimum absolute atomic E-state index is 0.105. The third-order valence-electron chi connectivity index (χ3n) is 9.92. The number of aliphatic hydroxyl groups excluding tert-OH is 1. The Kier molecular flexibility index (Phi) is 12.8. The first-order valence-corrected chi connectivity index (χ1v) is 17.7. The Hall–Kier alpha value is -3.02. The number of likely N-dealkylation sites (tertiary alicyclic amines) is 1. The highest BCUT2D eigenvalue weighted by Crippen LogP contribution is 2.60. The molecule has 8 atom stereocenters. The van der Waals surface area contributed by atoms with Gasteiger partial charge in [0.2, 0.25) is 17.7 Å². The molecule has 3 aliphatic heterocycles. The number of amides is 3. The van der Waals surface area contributed by atoms with Crippen molar-refractivity contribution in [3.8, 4) is 0 Å². The molecule has 1 spiro atoms. The summed E-state index contributed by atoms with van der Waals surface area (Å²) < 4.78 is 13.0. The minimum atomic E-state index is -1.23. The molecule has 0 saturated carbocycles. The molecule has 0 aromatic heterocycles. The van der Waals surface area contributed by atoms with Crippen LogP contribution < -0.4 is 0 Å². The van der Waals surface area contributed by atoms with Crippen molar-refractivity contribution < 1.29 is 33.8 Å². The molecule has 3 saturated heterocycles. The first kappa shape index (κ1) is 36.8. The van der Waals surface area contributed by atoms with Gasteiger partial charge in [-0.15, -0.1) is 13.2 Å². The van der Waals surface area contributed by atoms with Crippen molar-refractivity contribution in [1.29, 1.82) is 0 Å². The van der Waals surface area contributed by atoms with E-state index >= 15 is 0 Å². The Morgan fingerprint density at radius 1 is 1.19 bits per heavy atom. The van der Waals surface area contributed by atoms with Gasteiger partial charge in [-0.1, -0.05) is 78.2 Å². The molecule has 258 valence electrons. The van der Waals surface area contributed by atoms with Crippen molar-refractivity contribution in [3.63, 3.8) is 0 Å². The molecule has 11 heteroatoms. The number of carbonyl (C=O) groups excluding carboxylic acids is 4. The maximum atomic E-state index is 14.4. The molecule has 0 aliphatic carbocycles. The second kappa shape index (κ2) is 16.4. The number of benzene rings is 1. The zero-order valence-corrected chi connectivity index (χ0v) is 29.5. The Labute approximate surface area is 287 Å². The van der Waals surface area contributed by atoms with Crippen LogP contribution in [0.5, 0.6) is 0 Å². The molecule has 0 radical (unpaired) electrons. The second-order valence-electron chi connectivity index (χ2n) is 12.9. The molecule has 2 bridgehead atoms. The van der Waals surface area contributed by atoms with Gasteiger partial charge in [0.05, 0.1) is 24.0 Å². The van der Waals surface area contributed by atoms with Crippen LogP contribution in [0.3, 0.4) is 0 Å². The number of halogens is 1. The van der Waals surface area contributed by atoms with Crippen molar-refractivity contribution >= 4 is 39.6 Å². The molecule has 1 aromatic rings. The topological polar surface area (TPSA) is 117 Å². The number of hydrogen-bond acceptors (Lipinski definition) is 7. The summed E-state index contributed by atoms with van der Waals surface area (Å²) in [6.07, 6.45) is 6.10. The highest BCUT2D eigenvalue weighted by Gasteiger charge is 2.77. The summed E-state index contributed by atoms with van der Waals surface area (Å²) in [6, 6.07) is 7.78. The summed E-state index contributed by atoms with van der Waals surface area (Å²) in [6.45, 7) is 12.3. The van der Waals surface area contributed by atoms with Crippen LogP contribution in [0, 0.1) is 11.8 Å². The van der Waals surface area contributed by atoms with Gasteiger partial charge < -0.3 is 29.3 Å². The molecular formula is C36H50BrN3O7. The lowest BCUT2D eigenvalue weighted by molar-refractivity contribution is -0.164. The average Bonchev–Trinajstić information content (AvgIpc) is 3.67. The number of hydrogen-bond donors (Lipinski definition) is 1. The number of likely N-dealkylation sites (N-methyl/N-ethyl adjacent to an activating group) is 1. The van der Waals surface area contributed by atoms with E-state index in [1.165, 1.54) is 4.90 Å². The van der Waals surface area contributed by atoms with Gasteiger partial charge in [0, 0.05) is 44.5 Å². The number of nitrogens with zero attached hydrogens (tertiary/aromatic N) is 3. The van der Waals surface area contributed by atoms with Crippen molar-refractivity contribution in [3.05, 3.63) is 61.2 Å². The van der Waals surface area contributed by atoms with Gasteiger partial charge >= 0.3 is 5.97 Å². The predicted octanol–water partition coefficient (Wildman–Crippen LogP) is 4.42. The highest BCUT2D eigenvalue weighted by molar-refractivity contribution is 9.09. The fraction of sp³-hybridized carbons (Fsp3) is 0.611. The average molecular weight is 717 g/mol. The Balaban J connectivity index is 1.68. The molecule has 3 heterocycles.